The number of carbonyl (C=O) groups is 1. The van der Waals surface area contributed by atoms with Crippen LogP contribution in [0, 0.1) is 6.92 Å². The van der Waals surface area contributed by atoms with Crippen molar-refractivity contribution >= 4 is 22.4 Å². The molecule has 0 saturated carbocycles. The number of nitrogens with zero attached hydrogens (tertiary/aromatic N) is 4. The maximum absolute atomic E-state index is 12.8. The minimum atomic E-state index is -0.817. The Morgan fingerprint density at radius 1 is 1.18 bits per heavy atom. The van der Waals surface area contributed by atoms with Gasteiger partial charge in [-0.05, 0) is 25.3 Å². The van der Waals surface area contributed by atoms with Gasteiger partial charge in [0.25, 0.3) is 0 Å². The van der Waals surface area contributed by atoms with Crippen LogP contribution in [0.15, 0.2) is 35.8 Å². The number of anilines is 1. The molecule has 2 saturated heterocycles. The molecule has 0 unspecified atom stereocenters. The van der Waals surface area contributed by atoms with E-state index in [0.717, 1.165) is 42.4 Å². The molecule has 2 aliphatic heterocycles. The van der Waals surface area contributed by atoms with E-state index < -0.39 is 5.60 Å². The number of aliphatic hydroxyl groups is 1. The lowest BCUT2D eigenvalue weighted by Crippen LogP contribution is -2.52. The lowest BCUT2D eigenvalue weighted by molar-refractivity contribution is -0.137. The maximum Gasteiger partial charge on any atom is 0.236 e. The largest absolute Gasteiger partial charge is 0.385 e. The summed E-state index contributed by atoms with van der Waals surface area (Å²) in [6.45, 7) is 7.32. The molecule has 2 aliphatic rings. The van der Waals surface area contributed by atoms with Gasteiger partial charge in [-0.3, -0.25) is 9.69 Å². The summed E-state index contributed by atoms with van der Waals surface area (Å²) in [6, 6.07) is 8.08. The summed E-state index contributed by atoms with van der Waals surface area (Å²) in [4.78, 5) is 23.6. The zero-order valence-electron chi connectivity index (χ0n) is 16.4. The fourth-order valence-corrected chi connectivity index (χ4v) is 4.81. The predicted molar refractivity (Wildman–Crippen MR) is 112 cm³/mol. The maximum atomic E-state index is 12.8. The van der Waals surface area contributed by atoms with E-state index in [1.165, 1.54) is 0 Å². The Labute approximate surface area is 170 Å². The highest BCUT2D eigenvalue weighted by molar-refractivity contribution is 7.13. The Morgan fingerprint density at radius 2 is 1.93 bits per heavy atom. The third-order valence-corrected chi connectivity index (χ3v) is 6.75. The van der Waals surface area contributed by atoms with Gasteiger partial charge in [0.1, 0.15) is 0 Å². The van der Waals surface area contributed by atoms with Gasteiger partial charge in [-0.15, -0.1) is 11.3 Å². The first-order chi connectivity index (χ1) is 13.5. The van der Waals surface area contributed by atoms with Gasteiger partial charge in [-0.1, -0.05) is 29.8 Å². The average Bonchev–Trinajstić information content (AvgIpc) is 3.24. The highest BCUT2D eigenvalue weighted by Gasteiger charge is 2.35. The fraction of sp³-hybridized carbons (Fsp3) is 0.524. The third-order valence-electron chi connectivity index (χ3n) is 5.92. The van der Waals surface area contributed by atoms with Gasteiger partial charge >= 0.3 is 0 Å². The van der Waals surface area contributed by atoms with Crippen LogP contribution in [0.3, 0.4) is 0 Å². The molecule has 1 aromatic heterocycles. The van der Waals surface area contributed by atoms with E-state index in [2.05, 4.69) is 20.9 Å². The van der Waals surface area contributed by atoms with E-state index in [0.29, 0.717) is 32.5 Å². The molecule has 7 heteroatoms. The van der Waals surface area contributed by atoms with Crippen LogP contribution in [0.4, 0.5) is 5.13 Å². The Balaban J connectivity index is 1.27. The van der Waals surface area contributed by atoms with E-state index >= 15 is 0 Å². The molecule has 0 aliphatic carbocycles. The number of amides is 1. The first-order valence-electron chi connectivity index (χ1n) is 9.98. The van der Waals surface area contributed by atoms with E-state index in [-0.39, 0.29) is 5.91 Å². The predicted octanol–water partition coefficient (Wildman–Crippen LogP) is 2.08. The molecular formula is C21H28N4O2S. The van der Waals surface area contributed by atoms with Crippen LogP contribution in [-0.2, 0) is 10.4 Å². The van der Waals surface area contributed by atoms with Crippen molar-refractivity contribution in [2.75, 3.05) is 50.7 Å². The minimum absolute atomic E-state index is 0.175. The molecule has 0 atom stereocenters. The number of piperazine rings is 1. The van der Waals surface area contributed by atoms with Gasteiger partial charge in [0.15, 0.2) is 5.13 Å². The van der Waals surface area contributed by atoms with Crippen LogP contribution < -0.4 is 4.90 Å². The molecule has 4 rings (SSSR count). The smallest absolute Gasteiger partial charge is 0.236 e. The lowest BCUT2D eigenvalue weighted by atomic mass is 9.84. The molecule has 0 spiro atoms. The van der Waals surface area contributed by atoms with E-state index in [9.17, 15) is 9.90 Å². The number of thiazole rings is 1. The first-order valence-corrected chi connectivity index (χ1v) is 10.9. The Hall–Kier alpha value is -1.96. The molecule has 3 heterocycles. The average molecular weight is 401 g/mol. The van der Waals surface area contributed by atoms with Crippen molar-refractivity contribution in [3.8, 4) is 0 Å². The summed E-state index contributed by atoms with van der Waals surface area (Å²) in [5.41, 5.74) is 1.31. The number of aromatic nitrogens is 1. The van der Waals surface area contributed by atoms with Crippen molar-refractivity contribution in [1.82, 2.24) is 14.8 Å². The Morgan fingerprint density at radius 3 is 2.57 bits per heavy atom. The summed E-state index contributed by atoms with van der Waals surface area (Å²) < 4.78 is 0. The van der Waals surface area contributed by atoms with Crippen LogP contribution >= 0.6 is 11.3 Å². The number of piperidine rings is 1. The van der Waals surface area contributed by atoms with Crippen molar-refractivity contribution in [3.05, 3.63) is 47.0 Å². The zero-order chi connectivity index (χ0) is 19.6. The second kappa shape index (κ2) is 8.19. The molecule has 1 N–H and O–H groups in total. The number of hydrogen-bond donors (Lipinski definition) is 1. The molecule has 0 radical (unpaired) electrons. The highest BCUT2D eigenvalue weighted by Crippen LogP contribution is 2.33. The second-order valence-corrected chi connectivity index (χ2v) is 8.73. The number of hydrogen-bond acceptors (Lipinski definition) is 6. The van der Waals surface area contributed by atoms with E-state index in [1.54, 1.807) is 11.3 Å². The number of rotatable bonds is 4. The zero-order valence-corrected chi connectivity index (χ0v) is 17.2. The summed E-state index contributed by atoms with van der Waals surface area (Å²) in [5, 5.41) is 14.1. The fourth-order valence-electron chi connectivity index (χ4n) is 4.11. The van der Waals surface area contributed by atoms with E-state index in [4.69, 9.17) is 0 Å². The first kappa shape index (κ1) is 19.4. The summed E-state index contributed by atoms with van der Waals surface area (Å²) in [6.07, 6.45) is 3.03. The molecule has 150 valence electrons. The molecular weight excluding hydrogens is 372 g/mol. The quantitative estimate of drug-likeness (QED) is 0.852. The monoisotopic (exact) mass is 400 g/mol. The van der Waals surface area contributed by atoms with Gasteiger partial charge in [0.2, 0.25) is 5.91 Å². The summed E-state index contributed by atoms with van der Waals surface area (Å²) in [5.74, 6) is 0.175. The lowest BCUT2D eigenvalue weighted by Gasteiger charge is -2.40. The molecule has 6 nitrogen and oxygen atoms in total. The molecule has 2 fully saturated rings. The van der Waals surface area contributed by atoms with E-state index in [1.807, 2.05) is 41.6 Å². The van der Waals surface area contributed by atoms with Gasteiger partial charge in [-0.25, -0.2) is 4.98 Å². The standard InChI is InChI=1S/C21H28N4O2S/c1-17-3-2-4-18(15-17)21(27)5-8-24(9-6-21)19(26)16-23-10-12-25(13-11-23)20-22-7-14-28-20/h2-4,7,14-15,27H,5-6,8-13,16H2,1H3. The number of likely N-dealkylation sites (tertiary alicyclic amines) is 1. The minimum Gasteiger partial charge on any atom is -0.385 e. The van der Waals surface area contributed by atoms with Crippen molar-refractivity contribution in [1.29, 1.82) is 0 Å². The number of benzene rings is 1. The normalized spacial score (nSPS) is 20.4. The molecule has 1 amide bonds. The Kier molecular flexibility index (Phi) is 5.66. The van der Waals surface area contributed by atoms with Gasteiger partial charge in [0, 0.05) is 50.8 Å². The van der Waals surface area contributed by atoms with Crippen LogP contribution in [0.2, 0.25) is 0 Å². The van der Waals surface area contributed by atoms with Crippen molar-refractivity contribution in [3.63, 3.8) is 0 Å². The molecule has 0 bridgehead atoms. The SMILES string of the molecule is Cc1cccc(C2(O)CCN(C(=O)CN3CCN(c4nccs4)CC3)CC2)c1. The topological polar surface area (TPSA) is 59.9 Å². The Bertz CT molecular complexity index is 794. The molecule has 28 heavy (non-hydrogen) atoms. The van der Waals surface area contributed by atoms with Crippen molar-refractivity contribution < 1.29 is 9.90 Å². The van der Waals surface area contributed by atoms with Crippen LogP contribution in [0.1, 0.15) is 24.0 Å². The summed E-state index contributed by atoms with van der Waals surface area (Å²) in [7, 11) is 0. The van der Waals surface area contributed by atoms with Crippen molar-refractivity contribution in [2.24, 2.45) is 0 Å². The molecule has 2 aromatic rings. The molecule has 1 aromatic carbocycles. The number of carbonyl (C=O) groups excluding carboxylic acids is 1. The second-order valence-electron chi connectivity index (χ2n) is 7.86. The van der Waals surface area contributed by atoms with Gasteiger partial charge in [-0.2, -0.15) is 0 Å². The van der Waals surface area contributed by atoms with Gasteiger partial charge in [0.05, 0.1) is 12.1 Å². The highest BCUT2D eigenvalue weighted by atomic mass is 32.1. The van der Waals surface area contributed by atoms with Crippen LogP contribution in [-0.4, -0.2) is 71.6 Å². The van der Waals surface area contributed by atoms with Gasteiger partial charge < -0.3 is 14.9 Å². The summed E-state index contributed by atoms with van der Waals surface area (Å²) >= 11 is 1.66. The van der Waals surface area contributed by atoms with Crippen molar-refractivity contribution in [2.45, 2.75) is 25.4 Å². The number of aryl methyl sites for hydroxylation is 1. The van der Waals surface area contributed by atoms with Crippen LogP contribution in [0.25, 0.3) is 0 Å². The third kappa shape index (κ3) is 4.21. The van der Waals surface area contributed by atoms with Crippen LogP contribution in [0.5, 0.6) is 0 Å².